The van der Waals surface area contributed by atoms with Gasteiger partial charge in [-0.2, -0.15) is 0 Å². The molecule has 330 valence electrons. The predicted molar refractivity (Wildman–Crippen MR) is 226 cm³/mol. The Hall–Kier alpha value is -2.41. The molecule has 5 atom stereocenters. The van der Waals surface area contributed by atoms with E-state index in [0.29, 0.717) is 36.7 Å². The molecule has 0 bridgehead atoms. The molecule has 0 aromatic heterocycles. The molecule has 0 saturated heterocycles. The van der Waals surface area contributed by atoms with Crippen LogP contribution in [0.4, 0.5) is 0 Å². The third-order valence-corrected chi connectivity index (χ3v) is 9.86. The number of hydrogen-bond acceptors (Lipinski definition) is 11. The number of quaternary nitrogens is 1. The average molecular weight is 828 g/mol. The Morgan fingerprint density at radius 2 is 1.18 bits per heavy atom. The van der Waals surface area contributed by atoms with E-state index in [1.54, 1.807) is 54.7 Å². The summed E-state index contributed by atoms with van der Waals surface area (Å²) in [4.78, 5) is 37.5. The lowest BCUT2D eigenvalue weighted by molar-refractivity contribution is -0.870. The van der Waals surface area contributed by atoms with Gasteiger partial charge in [-0.1, -0.05) is 152 Å². The number of aliphatic hydroxyl groups excluding tert-OH is 3. The highest BCUT2D eigenvalue weighted by atomic mass is 31.2. The standard InChI is InChI=1S/C44H78NO11P/c1-6-8-9-10-11-12-13-14-15-16-17-18-26-33-43(49)53-37-42(38-55-57(51,52)54-36-35-45(3,4)5)56-44(50)34-27-32-41(48)30-23-20-19-22-29-40(47)31-25-21-24-28-39(46)7-2/h19-25,28-30,39-42,46-48H,6-18,26-27,31-38H2,1-5H3/b20-19-,25-21-,28-24+,29-22+,30-23+. The number of allylic oxidation sites excluding steroid dienone is 6. The molecule has 13 heteroatoms. The number of aliphatic hydroxyl groups is 3. The molecule has 0 aliphatic heterocycles. The van der Waals surface area contributed by atoms with Crippen molar-refractivity contribution in [2.45, 2.75) is 160 Å². The summed E-state index contributed by atoms with van der Waals surface area (Å²) in [6, 6.07) is 0. The number of carbonyl (C=O) groups is 2. The van der Waals surface area contributed by atoms with Crippen LogP contribution in [0.1, 0.15) is 136 Å². The molecule has 0 radical (unpaired) electrons. The normalized spacial score (nSPS) is 15.9. The van der Waals surface area contributed by atoms with Crippen LogP contribution >= 0.6 is 7.82 Å². The summed E-state index contributed by atoms with van der Waals surface area (Å²) in [5, 5.41) is 29.8. The van der Waals surface area contributed by atoms with E-state index in [0.717, 1.165) is 19.3 Å². The topological polar surface area (TPSA) is 172 Å². The number of carbonyl (C=O) groups excluding carboxylic acids is 2. The number of phosphoric ester groups is 1. The maximum atomic E-state index is 12.7. The summed E-state index contributed by atoms with van der Waals surface area (Å²) in [5.41, 5.74) is 0. The van der Waals surface area contributed by atoms with Crippen molar-refractivity contribution in [1.82, 2.24) is 0 Å². The molecular formula is C44H78NO11P. The van der Waals surface area contributed by atoms with Crippen molar-refractivity contribution in [2.24, 2.45) is 0 Å². The Morgan fingerprint density at radius 3 is 1.75 bits per heavy atom. The minimum atomic E-state index is -4.70. The van der Waals surface area contributed by atoms with Crippen LogP contribution in [-0.4, -0.2) is 104 Å². The van der Waals surface area contributed by atoms with Gasteiger partial charge in [0.15, 0.2) is 6.10 Å². The highest BCUT2D eigenvalue weighted by molar-refractivity contribution is 7.45. The Balaban J connectivity index is 4.69. The molecule has 0 amide bonds. The summed E-state index contributed by atoms with van der Waals surface area (Å²) in [5.74, 6) is -1.10. The molecule has 12 nitrogen and oxygen atoms in total. The molecule has 0 aliphatic carbocycles. The summed E-state index contributed by atoms with van der Waals surface area (Å²) in [6.45, 7) is 3.54. The summed E-state index contributed by atoms with van der Waals surface area (Å²) < 4.78 is 33.6. The highest BCUT2D eigenvalue weighted by Gasteiger charge is 2.22. The predicted octanol–water partition coefficient (Wildman–Crippen LogP) is 7.96. The van der Waals surface area contributed by atoms with Gasteiger partial charge >= 0.3 is 11.9 Å². The van der Waals surface area contributed by atoms with Gasteiger partial charge in [0.2, 0.25) is 0 Å². The van der Waals surface area contributed by atoms with E-state index in [1.807, 2.05) is 34.1 Å². The number of likely N-dealkylation sites (N-methyl/N-ethyl adjacent to an activating group) is 1. The second kappa shape index (κ2) is 35.5. The Bertz CT molecular complexity index is 1210. The summed E-state index contributed by atoms with van der Waals surface area (Å²) in [6.07, 6.45) is 31.2. The lowest BCUT2D eigenvalue weighted by Gasteiger charge is -2.28. The number of ether oxygens (including phenoxy) is 2. The number of rotatable bonds is 37. The Kier molecular flexibility index (Phi) is 34.0. The summed E-state index contributed by atoms with van der Waals surface area (Å²) in [7, 11) is 0.978. The fourth-order valence-corrected chi connectivity index (χ4v) is 6.04. The number of nitrogens with zero attached hydrogens (tertiary/aromatic N) is 1. The number of phosphoric acid groups is 1. The molecule has 5 unspecified atom stereocenters. The maximum absolute atomic E-state index is 12.7. The van der Waals surface area contributed by atoms with E-state index in [2.05, 4.69) is 6.92 Å². The molecular weight excluding hydrogens is 749 g/mol. The van der Waals surface area contributed by atoms with Crippen molar-refractivity contribution >= 4 is 19.8 Å². The minimum absolute atomic E-state index is 0.0524. The Labute approximate surface area is 344 Å². The van der Waals surface area contributed by atoms with Crippen LogP contribution in [-0.2, 0) is 32.7 Å². The monoisotopic (exact) mass is 828 g/mol. The first-order valence-electron chi connectivity index (χ1n) is 21.3. The van der Waals surface area contributed by atoms with E-state index in [-0.39, 0.29) is 32.5 Å². The first kappa shape index (κ1) is 54.6. The zero-order chi connectivity index (χ0) is 42.6. The first-order chi connectivity index (χ1) is 27.2. The van der Waals surface area contributed by atoms with Gasteiger partial charge in [0, 0.05) is 12.8 Å². The molecule has 0 heterocycles. The van der Waals surface area contributed by atoms with E-state index in [1.165, 1.54) is 57.8 Å². The Morgan fingerprint density at radius 1 is 0.649 bits per heavy atom. The van der Waals surface area contributed by atoms with Crippen LogP contribution in [0.5, 0.6) is 0 Å². The van der Waals surface area contributed by atoms with Gasteiger partial charge in [0.1, 0.15) is 19.8 Å². The van der Waals surface area contributed by atoms with Crippen molar-refractivity contribution in [3.8, 4) is 0 Å². The van der Waals surface area contributed by atoms with Gasteiger partial charge in [0.25, 0.3) is 7.82 Å². The SMILES string of the molecule is CCCCCCCCCCCCCCCC(=O)OCC(COP(=O)([O-])OCC[N+](C)(C)C)OC(=O)CCCC(O)/C=C/C=C\C=C\C(O)C/C=C\C=C\C(O)CC. The quantitative estimate of drug-likeness (QED) is 0.0182. The van der Waals surface area contributed by atoms with Crippen LogP contribution < -0.4 is 4.89 Å². The molecule has 0 rings (SSSR count). The molecule has 0 saturated carbocycles. The third kappa shape index (κ3) is 38.9. The lowest BCUT2D eigenvalue weighted by Crippen LogP contribution is -2.37. The largest absolute Gasteiger partial charge is 0.756 e. The zero-order valence-corrected chi connectivity index (χ0v) is 36.7. The van der Waals surface area contributed by atoms with Gasteiger partial charge < -0.3 is 43.2 Å². The van der Waals surface area contributed by atoms with Crippen LogP contribution in [0.15, 0.2) is 60.8 Å². The first-order valence-corrected chi connectivity index (χ1v) is 22.8. The smallest absolute Gasteiger partial charge is 0.306 e. The van der Waals surface area contributed by atoms with Crippen molar-refractivity contribution < 1.29 is 57.4 Å². The van der Waals surface area contributed by atoms with Crippen LogP contribution in [0.3, 0.4) is 0 Å². The molecule has 0 spiro atoms. The molecule has 0 aromatic rings. The maximum Gasteiger partial charge on any atom is 0.306 e. The number of hydrogen-bond donors (Lipinski definition) is 3. The van der Waals surface area contributed by atoms with Crippen LogP contribution in [0.25, 0.3) is 0 Å². The van der Waals surface area contributed by atoms with E-state index in [4.69, 9.17) is 18.5 Å². The second-order valence-electron chi connectivity index (χ2n) is 15.6. The van der Waals surface area contributed by atoms with Gasteiger partial charge in [-0.25, -0.2) is 0 Å². The fraction of sp³-hybridized carbons (Fsp3) is 0.727. The highest BCUT2D eigenvalue weighted by Crippen LogP contribution is 2.38. The van der Waals surface area contributed by atoms with E-state index < -0.39 is 50.8 Å². The van der Waals surface area contributed by atoms with Crippen LogP contribution in [0.2, 0.25) is 0 Å². The lowest BCUT2D eigenvalue weighted by atomic mass is 10.0. The van der Waals surface area contributed by atoms with Crippen molar-refractivity contribution in [1.29, 1.82) is 0 Å². The molecule has 0 aromatic carbocycles. The third-order valence-electron chi connectivity index (χ3n) is 8.90. The second-order valence-corrected chi connectivity index (χ2v) is 17.0. The minimum Gasteiger partial charge on any atom is -0.756 e. The molecule has 0 fully saturated rings. The molecule has 3 N–H and O–H groups in total. The van der Waals surface area contributed by atoms with Gasteiger partial charge in [-0.3, -0.25) is 14.2 Å². The summed E-state index contributed by atoms with van der Waals surface area (Å²) >= 11 is 0. The molecule has 57 heavy (non-hydrogen) atoms. The van der Waals surface area contributed by atoms with Crippen molar-refractivity contribution in [3.63, 3.8) is 0 Å². The van der Waals surface area contributed by atoms with Gasteiger partial charge in [0.05, 0.1) is 46.1 Å². The van der Waals surface area contributed by atoms with Crippen molar-refractivity contribution in [2.75, 3.05) is 47.5 Å². The number of unbranched alkanes of at least 4 members (excludes halogenated alkanes) is 12. The number of esters is 2. The van der Waals surface area contributed by atoms with Crippen molar-refractivity contribution in [3.05, 3.63) is 60.8 Å². The van der Waals surface area contributed by atoms with Gasteiger partial charge in [-0.05, 0) is 32.1 Å². The molecule has 0 aliphatic rings. The van der Waals surface area contributed by atoms with E-state index in [9.17, 15) is 34.4 Å². The average Bonchev–Trinajstić information content (AvgIpc) is 3.15. The van der Waals surface area contributed by atoms with E-state index >= 15 is 0 Å². The fourth-order valence-electron chi connectivity index (χ4n) is 5.31. The van der Waals surface area contributed by atoms with Gasteiger partial charge in [-0.15, -0.1) is 0 Å². The zero-order valence-electron chi connectivity index (χ0n) is 35.8. The van der Waals surface area contributed by atoms with Crippen LogP contribution in [0, 0.1) is 0 Å².